The van der Waals surface area contributed by atoms with Crippen molar-refractivity contribution in [3.63, 3.8) is 0 Å². The van der Waals surface area contributed by atoms with E-state index in [0.29, 0.717) is 19.3 Å². The smallest absolute Gasteiger partial charge is 0.249 e. The maximum atomic E-state index is 13.1. The molecule has 0 spiro atoms. The third-order valence-electron chi connectivity index (χ3n) is 12.8. The first-order valence-corrected chi connectivity index (χ1v) is 27.0. The van der Waals surface area contributed by atoms with Crippen LogP contribution in [0.4, 0.5) is 0 Å². The van der Waals surface area contributed by atoms with Gasteiger partial charge in [0.2, 0.25) is 5.91 Å². The summed E-state index contributed by atoms with van der Waals surface area (Å²) in [6, 6.07) is -1.20. The fraction of sp³-hybridized carbons (Fsp3) is 0.836. The van der Waals surface area contributed by atoms with Gasteiger partial charge in [0.05, 0.1) is 25.4 Å². The normalized spacial score (nSPS) is 21.1. The molecular formula is C55H101NO10. The van der Waals surface area contributed by atoms with Crippen LogP contribution in [-0.2, 0) is 14.3 Å². The summed E-state index contributed by atoms with van der Waals surface area (Å²) in [5.74, 6) is -0.725. The molecule has 0 aromatic heterocycles. The number of hydrogen-bond donors (Lipinski definition) is 8. The van der Waals surface area contributed by atoms with E-state index in [4.69, 9.17) is 9.47 Å². The van der Waals surface area contributed by atoms with Crippen molar-refractivity contribution < 1.29 is 50.0 Å². The van der Waals surface area contributed by atoms with Gasteiger partial charge in [-0.25, -0.2) is 0 Å². The van der Waals surface area contributed by atoms with E-state index in [9.17, 15) is 40.5 Å². The summed E-state index contributed by atoms with van der Waals surface area (Å²) < 4.78 is 11.1. The van der Waals surface area contributed by atoms with Crippen molar-refractivity contribution >= 4 is 5.91 Å². The van der Waals surface area contributed by atoms with Gasteiger partial charge >= 0.3 is 0 Å². The Morgan fingerprint density at radius 2 is 0.924 bits per heavy atom. The van der Waals surface area contributed by atoms with Gasteiger partial charge in [0.25, 0.3) is 0 Å². The Bertz CT molecular complexity index is 1210. The number of carbonyl (C=O) groups excluding carboxylic acids is 1. The van der Waals surface area contributed by atoms with Gasteiger partial charge in [-0.3, -0.25) is 4.79 Å². The predicted molar refractivity (Wildman–Crippen MR) is 270 cm³/mol. The van der Waals surface area contributed by atoms with Crippen LogP contribution in [0.25, 0.3) is 0 Å². The van der Waals surface area contributed by atoms with E-state index in [-0.39, 0.29) is 12.8 Å². The molecule has 1 saturated heterocycles. The number of unbranched alkanes of at least 4 members (excludes halogenated alkanes) is 25. The van der Waals surface area contributed by atoms with E-state index < -0.39 is 74.2 Å². The molecule has 1 aliphatic heterocycles. The summed E-state index contributed by atoms with van der Waals surface area (Å²) in [7, 11) is 0. The predicted octanol–water partition coefficient (Wildman–Crippen LogP) is 10.5. The molecule has 1 amide bonds. The topological polar surface area (TPSA) is 189 Å². The van der Waals surface area contributed by atoms with Crippen LogP contribution < -0.4 is 5.32 Å². The minimum atomic E-state index is -1.67. The molecule has 0 aromatic carbocycles. The van der Waals surface area contributed by atoms with Crippen LogP contribution in [0.15, 0.2) is 48.6 Å². The van der Waals surface area contributed by atoms with E-state index in [2.05, 4.69) is 67.8 Å². The summed E-state index contributed by atoms with van der Waals surface area (Å²) in [5.41, 5.74) is 0. The van der Waals surface area contributed by atoms with E-state index in [1.54, 1.807) is 0 Å². The Morgan fingerprint density at radius 3 is 1.39 bits per heavy atom. The van der Waals surface area contributed by atoms with Gasteiger partial charge in [0.15, 0.2) is 6.29 Å². The Balaban J connectivity index is 2.31. The molecule has 0 saturated carbocycles. The molecule has 0 bridgehead atoms. The summed E-state index contributed by atoms with van der Waals surface area (Å²) in [5, 5.41) is 75.7. The maximum absolute atomic E-state index is 13.1. The lowest BCUT2D eigenvalue weighted by atomic mass is 9.98. The zero-order chi connectivity index (χ0) is 48.3. The fourth-order valence-electron chi connectivity index (χ4n) is 8.34. The van der Waals surface area contributed by atoms with Crippen LogP contribution >= 0.6 is 0 Å². The minimum absolute atomic E-state index is 0.232. The van der Waals surface area contributed by atoms with Crippen molar-refractivity contribution in [2.24, 2.45) is 0 Å². The second-order valence-corrected chi connectivity index (χ2v) is 18.9. The Kier molecular flexibility index (Phi) is 41.7. The average Bonchev–Trinajstić information content (AvgIpc) is 3.32. The summed E-state index contributed by atoms with van der Waals surface area (Å²) >= 11 is 0. The van der Waals surface area contributed by atoms with Crippen LogP contribution in [0.1, 0.15) is 226 Å². The van der Waals surface area contributed by atoms with Crippen LogP contribution in [0, 0.1) is 0 Å². The highest BCUT2D eigenvalue weighted by Gasteiger charge is 2.44. The van der Waals surface area contributed by atoms with Crippen molar-refractivity contribution in [3.8, 4) is 0 Å². The van der Waals surface area contributed by atoms with E-state index >= 15 is 0 Å². The van der Waals surface area contributed by atoms with Crippen LogP contribution in [0.5, 0.6) is 0 Å². The van der Waals surface area contributed by atoms with Crippen LogP contribution in [-0.4, -0.2) is 110 Å². The molecule has 11 nitrogen and oxygen atoms in total. The number of allylic oxidation sites excluding steroid dienone is 8. The molecule has 1 fully saturated rings. The Hall–Kier alpha value is -1.93. The molecule has 11 heteroatoms. The Labute approximate surface area is 402 Å². The molecule has 66 heavy (non-hydrogen) atoms. The standard InChI is InChI=1S/C55H101NO10/c1-3-5-7-9-11-13-15-16-17-18-19-20-21-22-23-24-25-26-27-28-29-30-31-32-33-35-36-38-40-42-47(58)50(60)46(45-65-55-53(63)52(62)51(61)49(44-57)66-55)56-54(64)48(59)43-41-39-37-34-14-12-10-8-6-4-2/h10,12,26-27,30-31,35-36,46-53,55,57-63H,3-9,11,13-25,28-29,32-34,37-45H2,1-2H3,(H,56,64)/b12-10-,27-26+,31-30+,36-35+. The van der Waals surface area contributed by atoms with Gasteiger partial charge in [0.1, 0.15) is 36.6 Å². The number of rotatable bonds is 45. The first kappa shape index (κ1) is 62.1. The second-order valence-electron chi connectivity index (χ2n) is 18.9. The van der Waals surface area contributed by atoms with Crippen LogP contribution in [0.2, 0.25) is 0 Å². The zero-order valence-electron chi connectivity index (χ0n) is 41.9. The second kappa shape index (κ2) is 44.3. The third-order valence-corrected chi connectivity index (χ3v) is 12.8. The third kappa shape index (κ3) is 32.8. The summed E-state index contributed by atoms with van der Waals surface area (Å²) in [4.78, 5) is 13.1. The van der Waals surface area contributed by atoms with Crippen molar-refractivity contribution in [2.75, 3.05) is 13.2 Å². The van der Waals surface area contributed by atoms with Gasteiger partial charge < -0.3 is 50.5 Å². The van der Waals surface area contributed by atoms with Gasteiger partial charge in [-0.05, 0) is 83.5 Å². The van der Waals surface area contributed by atoms with Gasteiger partial charge in [-0.1, -0.05) is 191 Å². The van der Waals surface area contributed by atoms with E-state index in [0.717, 1.165) is 57.8 Å². The number of amides is 1. The largest absolute Gasteiger partial charge is 0.394 e. The van der Waals surface area contributed by atoms with Crippen molar-refractivity contribution in [2.45, 2.75) is 281 Å². The molecule has 0 radical (unpaired) electrons. The number of nitrogens with one attached hydrogen (secondary N) is 1. The number of hydrogen-bond acceptors (Lipinski definition) is 10. The number of aliphatic hydroxyl groups is 7. The van der Waals surface area contributed by atoms with E-state index in [1.165, 1.54) is 122 Å². The average molecular weight is 936 g/mol. The highest BCUT2D eigenvalue weighted by Crippen LogP contribution is 2.23. The lowest BCUT2D eigenvalue weighted by molar-refractivity contribution is -0.303. The SMILES string of the molecule is CCCC/C=C\CCCCCCC(O)C(=O)NC(COC1OC(CO)C(O)C(O)C1O)C(O)C(O)CCC/C=C/CC/C=C/CC/C=C/CCCCCCCCCCCCCCCCCC. The molecule has 0 aliphatic carbocycles. The maximum Gasteiger partial charge on any atom is 0.249 e. The highest BCUT2D eigenvalue weighted by atomic mass is 16.7. The van der Waals surface area contributed by atoms with Crippen LogP contribution in [0.3, 0.4) is 0 Å². The van der Waals surface area contributed by atoms with Crippen molar-refractivity contribution in [1.82, 2.24) is 5.32 Å². The van der Waals surface area contributed by atoms with Crippen molar-refractivity contribution in [3.05, 3.63) is 48.6 Å². The molecule has 1 aliphatic rings. The molecule has 9 unspecified atom stereocenters. The first-order valence-electron chi connectivity index (χ1n) is 27.0. The highest BCUT2D eigenvalue weighted by molar-refractivity contribution is 5.80. The van der Waals surface area contributed by atoms with Crippen molar-refractivity contribution in [1.29, 1.82) is 0 Å². The number of aliphatic hydroxyl groups excluding tert-OH is 7. The molecule has 1 heterocycles. The first-order chi connectivity index (χ1) is 32.2. The zero-order valence-corrected chi connectivity index (χ0v) is 41.9. The molecule has 0 aromatic rings. The number of ether oxygens (including phenoxy) is 2. The Morgan fingerprint density at radius 1 is 0.515 bits per heavy atom. The monoisotopic (exact) mass is 936 g/mol. The lowest BCUT2D eigenvalue weighted by Gasteiger charge is -2.40. The van der Waals surface area contributed by atoms with E-state index in [1.807, 2.05) is 0 Å². The van der Waals surface area contributed by atoms with Gasteiger partial charge in [0, 0.05) is 0 Å². The quantitative estimate of drug-likeness (QED) is 0.0216. The number of carbonyl (C=O) groups is 1. The lowest BCUT2D eigenvalue weighted by Crippen LogP contribution is -2.60. The molecule has 386 valence electrons. The molecular weight excluding hydrogens is 835 g/mol. The van der Waals surface area contributed by atoms with Gasteiger partial charge in [-0.2, -0.15) is 0 Å². The molecule has 9 atom stereocenters. The summed E-state index contributed by atoms with van der Waals surface area (Å²) in [6.07, 6.45) is 43.4. The minimum Gasteiger partial charge on any atom is -0.394 e. The van der Waals surface area contributed by atoms with Gasteiger partial charge in [-0.15, -0.1) is 0 Å². The molecule has 8 N–H and O–H groups in total. The summed E-state index contributed by atoms with van der Waals surface area (Å²) in [6.45, 7) is 3.37. The fourth-order valence-corrected chi connectivity index (χ4v) is 8.34. The molecule has 1 rings (SSSR count).